The van der Waals surface area contributed by atoms with Gasteiger partial charge in [-0.3, -0.25) is 4.79 Å². The molecule has 84 valence electrons. The Labute approximate surface area is 102 Å². The van der Waals surface area contributed by atoms with Crippen LogP contribution in [0.4, 0.5) is 4.39 Å². The minimum absolute atomic E-state index is 0.0426. The van der Waals surface area contributed by atoms with E-state index >= 15 is 0 Å². The molecule has 0 aliphatic rings. The molecule has 0 saturated heterocycles. The van der Waals surface area contributed by atoms with Gasteiger partial charge in [0.15, 0.2) is 0 Å². The molecule has 0 aromatic heterocycles. The van der Waals surface area contributed by atoms with Crippen LogP contribution in [0.3, 0.4) is 0 Å². The van der Waals surface area contributed by atoms with E-state index in [1.165, 1.54) is 24.1 Å². The van der Waals surface area contributed by atoms with Gasteiger partial charge in [0.1, 0.15) is 11.9 Å². The first-order valence-electron chi connectivity index (χ1n) is 4.59. The molecule has 0 heterocycles. The highest BCUT2D eigenvalue weighted by Crippen LogP contribution is 2.20. The first-order chi connectivity index (χ1) is 7.49. The van der Waals surface area contributed by atoms with Gasteiger partial charge in [0.25, 0.3) is 5.91 Å². The van der Waals surface area contributed by atoms with Crippen LogP contribution in [0.2, 0.25) is 0 Å². The molecule has 1 atom stereocenters. The second kappa shape index (κ2) is 5.08. The van der Waals surface area contributed by atoms with Crippen molar-refractivity contribution in [1.82, 2.24) is 4.90 Å². The number of hydrogen-bond donors (Lipinski definition) is 0. The summed E-state index contributed by atoms with van der Waals surface area (Å²) in [6.07, 6.45) is 0. The van der Waals surface area contributed by atoms with Gasteiger partial charge in [-0.2, -0.15) is 5.26 Å². The Bertz CT molecular complexity index is 456. The fourth-order valence-electron chi connectivity index (χ4n) is 1.12. The molecule has 1 amide bonds. The molecule has 0 radical (unpaired) electrons. The van der Waals surface area contributed by atoms with E-state index in [9.17, 15) is 9.18 Å². The zero-order valence-electron chi connectivity index (χ0n) is 8.87. The van der Waals surface area contributed by atoms with Crippen LogP contribution in [0, 0.1) is 17.1 Å². The number of nitriles is 1. The van der Waals surface area contributed by atoms with E-state index in [1.54, 1.807) is 13.0 Å². The van der Waals surface area contributed by atoms with Gasteiger partial charge in [-0.15, -0.1) is 0 Å². The van der Waals surface area contributed by atoms with Gasteiger partial charge in [-0.1, -0.05) is 6.07 Å². The summed E-state index contributed by atoms with van der Waals surface area (Å²) in [5.41, 5.74) is -0.0426. The molecular formula is C11H10BrFN2O. The highest BCUT2D eigenvalue weighted by atomic mass is 79.9. The van der Waals surface area contributed by atoms with Crippen molar-refractivity contribution in [3.63, 3.8) is 0 Å². The van der Waals surface area contributed by atoms with E-state index in [0.29, 0.717) is 0 Å². The van der Waals surface area contributed by atoms with Crippen molar-refractivity contribution in [2.24, 2.45) is 0 Å². The van der Waals surface area contributed by atoms with Crippen LogP contribution >= 0.6 is 15.9 Å². The Balaban J connectivity index is 3.07. The van der Waals surface area contributed by atoms with Crippen LogP contribution in [-0.2, 0) is 0 Å². The minimum atomic E-state index is -0.607. The molecule has 1 aromatic rings. The maximum atomic E-state index is 13.6. The molecule has 1 rings (SSSR count). The van der Waals surface area contributed by atoms with E-state index in [-0.39, 0.29) is 10.0 Å². The number of hydrogen-bond acceptors (Lipinski definition) is 2. The maximum Gasteiger partial charge on any atom is 0.257 e. The van der Waals surface area contributed by atoms with Crippen LogP contribution in [-0.4, -0.2) is 23.9 Å². The SMILES string of the molecule is CC(C#N)N(C)C(=O)c1cccc(Br)c1F. The molecule has 5 heteroatoms. The van der Waals surface area contributed by atoms with Crippen molar-refractivity contribution >= 4 is 21.8 Å². The molecule has 0 aliphatic carbocycles. The number of carbonyl (C=O) groups excluding carboxylic acids is 1. The summed E-state index contributed by atoms with van der Waals surface area (Å²) in [7, 11) is 1.47. The normalized spacial score (nSPS) is 11.7. The van der Waals surface area contributed by atoms with Gasteiger partial charge >= 0.3 is 0 Å². The Hall–Kier alpha value is -1.41. The molecule has 0 bridgehead atoms. The molecule has 0 aliphatic heterocycles. The van der Waals surface area contributed by atoms with E-state index < -0.39 is 17.8 Å². The van der Waals surface area contributed by atoms with Crippen molar-refractivity contribution in [3.8, 4) is 6.07 Å². The van der Waals surface area contributed by atoms with Crippen molar-refractivity contribution < 1.29 is 9.18 Å². The van der Waals surface area contributed by atoms with Crippen LogP contribution < -0.4 is 0 Å². The molecular weight excluding hydrogens is 275 g/mol. The molecule has 0 fully saturated rings. The highest BCUT2D eigenvalue weighted by molar-refractivity contribution is 9.10. The fraction of sp³-hybridized carbons (Fsp3) is 0.273. The summed E-state index contributed by atoms with van der Waals surface area (Å²) in [6.45, 7) is 1.58. The van der Waals surface area contributed by atoms with E-state index in [0.717, 1.165) is 0 Å². The lowest BCUT2D eigenvalue weighted by Crippen LogP contribution is -2.34. The number of nitrogens with zero attached hydrogens (tertiary/aromatic N) is 2. The van der Waals surface area contributed by atoms with Crippen molar-refractivity contribution in [2.45, 2.75) is 13.0 Å². The highest BCUT2D eigenvalue weighted by Gasteiger charge is 2.20. The Morgan fingerprint density at radius 2 is 2.25 bits per heavy atom. The largest absolute Gasteiger partial charge is 0.326 e. The quantitative estimate of drug-likeness (QED) is 0.838. The standard InChI is InChI=1S/C11H10BrFN2O/c1-7(6-14)15(2)11(16)8-4-3-5-9(12)10(8)13/h3-5,7H,1-2H3. The first-order valence-corrected chi connectivity index (χ1v) is 5.39. The third-order valence-electron chi connectivity index (χ3n) is 2.27. The molecule has 1 aromatic carbocycles. The van der Waals surface area contributed by atoms with Crippen molar-refractivity contribution in [2.75, 3.05) is 7.05 Å². The number of benzene rings is 1. The average molecular weight is 285 g/mol. The van der Waals surface area contributed by atoms with E-state index in [1.807, 2.05) is 6.07 Å². The lowest BCUT2D eigenvalue weighted by atomic mass is 10.1. The summed E-state index contributed by atoms with van der Waals surface area (Å²) >= 11 is 3.01. The van der Waals surface area contributed by atoms with Crippen LogP contribution in [0.15, 0.2) is 22.7 Å². The maximum absolute atomic E-state index is 13.6. The van der Waals surface area contributed by atoms with Crippen molar-refractivity contribution in [1.29, 1.82) is 5.26 Å². The monoisotopic (exact) mass is 284 g/mol. The third-order valence-corrected chi connectivity index (χ3v) is 2.88. The van der Waals surface area contributed by atoms with Gasteiger partial charge in [0, 0.05) is 7.05 Å². The summed E-state index contributed by atoms with van der Waals surface area (Å²) in [5, 5.41) is 8.68. The molecule has 0 saturated carbocycles. The Morgan fingerprint density at radius 1 is 1.62 bits per heavy atom. The third kappa shape index (κ3) is 2.39. The number of amides is 1. The average Bonchev–Trinajstić information content (AvgIpc) is 2.29. The lowest BCUT2D eigenvalue weighted by molar-refractivity contribution is 0.0768. The van der Waals surface area contributed by atoms with Crippen LogP contribution in [0.25, 0.3) is 0 Å². The second-order valence-electron chi connectivity index (χ2n) is 3.32. The van der Waals surface area contributed by atoms with Gasteiger partial charge in [-0.25, -0.2) is 4.39 Å². The van der Waals surface area contributed by atoms with Crippen molar-refractivity contribution in [3.05, 3.63) is 34.1 Å². The molecule has 3 nitrogen and oxygen atoms in total. The van der Waals surface area contributed by atoms with Crippen LogP contribution in [0.1, 0.15) is 17.3 Å². The zero-order chi connectivity index (χ0) is 12.3. The van der Waals surface area contributed by atoms with E-state index in [4.69, 9.17) is 5.26 Å². The molecule has 0 N–H and O–H groups in total. The Kier molecular flexibility index (Phi) is 4.02. The van der Waals surface area contributed by atoms with Gasteiger partial charge in [0.2, 0.25) is 0 Å². The van der Waals surface area contributed by atoms with Crippen LogP contribution in [0.5, 0.6) is 0 Å². The van der Waals surface area contributed by atoms with E-state index in [2.05, 4.69) is 15.9 Å². The molecule has 0 spiro atoms. The Morgan fingerprint density at radius 3 is 2.81 bits per heavy atom. The van der Waals surface area contributed by atoms with Gasteiger partial charge in [0.05, 0.1) is 16.1 Å². The number of halogens is 2. The molecule has 16 heavy (non-hydrogen) atoms. The van der Waals surface area contributed by atoms with Gasteiger partial charge in [-0.05, 0) is 35.0 Å². The predicted octanol–water partition coefficient (Wildman–Crippen LogP) is 2.57. The lowest BCUT2D eigenvalue weighted by Gasteiger charge is -2.19. The fourth-order valence-corrected chi connectivity index (χ4v) is 1.49. The van der Waals surface area contributed by atoms with Gasteiger partial charge < -0.3 is 4.90 Å². The summed E-state index contributed by atoms with van der Waals surface area (Å²) in [4.78, 5) is 13.0. The smallest absolute Gasteiger partial charge is 0.257 e. The molecule has 1 unspecified atom stereocenters. The summed E-state index contributed by atoms with van der Waals surface area (Å²) < 4.78 is 13.8. The predicted molar refractivity (Wildman–Crippen MR) is 61.3 cm³/mol. The zero-order valence-corrected chi connectivity index (χ0v) is 10.5. The first kappa shape index (κ1) is 12.7. The second-order valence-corrected chi connectivity index (χ2v) is 4.18. The minimum Gasteiger partial charge on any atom is -0.326 e. The number of rotatable bonds is 2. The summed E-state index contributed by atoms with van der Waals surface area (Å²) in [6, 6.07) is 5.81. The number of carbonyl (C=O) groups is 1. The summed E-state index contributed by atoms with van der Waals surface area (Å²) in [5.74, 6) is -1.11. The topological polar surface area (TPSA) is 44.1 Å².